The van der Waals surface area contributed by atoms with Gasteiger partial charge in [0, 0.05) is 6.42 Å². The molecule has 0 aromatic rings. The van der Waals surface area contributed by atoms with E-state index in [9.17, 15) is 19.5 Å². The summed E-state index contributed by atoms with van der Waals surface area (Å²) in [6.07, 6.45) is 1.36. The Balaban J connectivity index is 4.38. The van der Waals surface area contributed by atoms with Crippen LogP contribution in [-0.2, 0) is 14.4 Å². The van der Waals surface area contributed by atoms with Gasteiger partial charge >= 0.3 is 11.9 Å². The molecule has 0 aromatic carbocycles. The molecule has 116 valence electrons. The molecule has 0 heterocycles. The van der Waals surface area contributed by atoms with Gasteiger partial charge in [0.25, 0.3) is 0 Å². The van der Waals surface area contributed by atoms with Crippen LogP contribution in [0.5, 0.6) is 0 Å². The third kappa shape index (κ3) is 8.47. The molecule has 0 radical (unpaired) electrons. The van der Waals surface area contributed by atoms with Gasteiger partial charge in [-0.15, -0.1) is 0 Å². The maximum atomic E-state index is 11.7. The van der Waals surface area contributed by atoms with Gasteiger partial charge in [0.1, 0.15) is 6.04 Å². The van der Waals surface area contributed by atoms with Gasteiger partial charge in [-0.3, -0.25) is 9.59 Å². The molecule has 0 aliphatic rings. The lowest BCUT2D eigenvalue weighted by molar-refractivity contribution is -0.143. The Labute approximate surface area is 118 Å². The van der Waals surface area contributed by atoms with Crippen LogP contribution in [0.15, 0.2) is 0 Å². The Bertz CT molecular complexity index is 353. The molecule has 0 spiro atoms. The van der Waals surface area contributed by atoms with Crippen molar-refractivity contribution >= 4 is 17.8 Å². The number of unbranched alkanes of at least 4 members (excludes halogenated alkanes) is 1. The smallest absolute Gasteiger partial charge is 0.326 e. The van der Waals surface area contributed by atoms with Gasteiger partial charge in [0.05, 0.1) is 12.0 Å². The highest BCUT2D eigenvalue weighted by molar-refractivity contribution is 5.84. The normalized spacial score (nSPS) is 15.2. The lowest BCUT2D eigenvalue weighted by Crippen LogP contribution is -2.44. The topological polar surface area (TPSA) is 124 Å². The zero-order valence-electron chi connectivity index (χ0n) is 11.9. The zero-order valence-corrected chi connectivity index (χ0v) is 11.9. The fourth-order valence-electron chi connectivity index (χ4n) is 1.76. The van der Waals surface area contributed by atoms with Gasteiger partial charge in [-0.05, 0) is 19.8 Å². The molecule has 0 saturated carbocycles. The van der Waals surface area contributed by atoms with Crippen LogP contribution >= 0.6 is 0 Å². The second-order valence-corrected chi connectivity index (χ2v) is 5.17. The summed E-state index contributed by atoms with van der Waals surface area (Å²) < 4.78 is 0. The molecule has 0 bridgehead atoms. The number of carbonyl (C=O) groups is 3. The zero-order chi connectivity index (χ0) is 15.8. The van der Waals surface area contributed by atoms with Crippen molar-refractivity contribution < 1.29 is 29.7 Å². The van der Waals surface area contributed by atoms with Gasteiger partial charge in [0.2, 0.25) is 5.91 Å². The van der Waals surface area contributed by atoms with Crippen LogP contribution in [0.1, 0.15) is 52.4 Å². The Morgan fingerprint density at radius 2 is 1.85 bits per heavy atom. The summed E-state index contributed by atoms with van der Waals surface area (Å²) in [5.41, 5.74) is -1.18. The van der Waals surface area contributed by atoms with E-state index in [4.69, 9.17) is 10.2 Å². The molecule has 4 N–H and O–H groups in total. The van der Waals surface area contributed by atoms with E-state index in [0.717, 1.165) is 12.8 Å². The molecule has 1 unspecified atom stereocenters. The van der Waals surface area contributed by atoms with E-state index in [1.165, 1.54) is 6.92 Å². The number of aliphatic carboxylic acids is 2. The van der Waals surface area contributed by atoms with E-state index in [2.05, 4.69) is 5.32 Å². The van der Waals surface area contributed by atoms with Gasteiger partial charge in [0.15, 0.2) is 0 Å². The standard InChI is InChI=1S/C13H23NO6/c1-3-4-7-13(2,20)8-10(15)14-9(12(18)19)5-6-11(16)17/h9,20H,3-8H2,1-2H3,(H,14,15)(H,16,17)(H,18,19)/t9-,13?/m0/s1. The third-order valence-electron chi connectivity index (χ3n) is 2.89. The van der Waals surface area contributed by atoms with E-state index in [-0.39, 0.29) is 19.3 Å². The lowest BCUT2D eigenvalue weighted by Gasteiger charge is -2.23. The summed E-state index contributed by atoms with van der Waals surface area (Å²) in [6.45, 7) is 3.48. The number of rotatable bonds is 10. The maximum absolute atomic E-state index is 11.7. The molecule has 0 aliphatic heterocycles. The quantitative estimate of drug-likeness (QED) is 0.470. The Morgan fingerprint density at radius 1 is 1.25 bits per heavy atom. The van der Waals surface area contributed by atoms with Crippen molar-refractivity contribution in [3.8, 4) is 0 Å². The van der Waals surface area contributed by atoms with Crippen molar-refractivity contribution in [1.29, 1.82) is 0 Å². The summed E-state index contributed by atoms with van der Waals surface area (Å²) in [7, 11) is 0. The first-order valence-corrected chi connectivity index (χ1v) is 6.64. The maximum Gasteiger partial charge on any atom is 0.326 e. The van der Waals surface area contributed by atoms with E-state index < -0.39 is 29.5 Å². The SMILES string of the molecule is CCCCC(C)(O)CC(=O)N[C@@H](CCC(=O)O)C(=O)O. The number of amides is 1. The van der Waals surface area contributed by atoms with Crippen LogP contribution < -0.4 is 5.32 Å². The molecule has 0 fully saturated rings. The van der Waals surface area contributed by atoms with Crippen molar-refractivity contribution in [1.82, 2.24) is 5.32 Å². The van der Waals surface area contributed by atoms with Crippen LogP contribution in [0, 0.1) is 0 Å². The van der Waals surface area contributed by atoms with E-state index in [1.807, 2.05) is 6.92 Å². The van der Waals surface area contributed by atoms with Crippen LogP contribution in [0.3, 0.4) is 0 Å². The lowest BCUT2D eigenvalue weighted by atomic mass is 9.95. The molecule has 0 saturated heterocycles. The molecule has 7 heteroatoms. The molecular weight excluding hydrogens is 266 g/mol. The number of carbonyl (C=O) groups excluding carboxylic acids is 1. The summed E-state index contributed by atoms with van der Waals surface area (Å²) in [6, 6.07) is -1.25. The van der Waals surface area contributed by atoms with E-state index in [0.29, 0.717) is 6.42 Å². The van der Waals surface area contributed by atoms with Crippen LogP contribution in [0.4, 0.5) is 0 Å². The van der Waals surface area contributed by atoms with E-state index >= 15 is 0 Å². The van der Waals surface area contributed by atoms with Crippen LogP contribution in [-0.4, -0.2) is 44.8 Å². The predicted molar refractivity (Wildman–Crippen MR) is 71.2 cm³/mol. The molecule has 0 rings (SSSR count). The summed E-state index contributed by atoms with van der Waals surface area (Å²) in [4.78, 5) is 33.0. The largest absolute Gasteiger partial charge is 0.481 e. The average molecular weight is 289 g/mol. The third-order valence-corrected chi connectivity index (χ3v) is 2.89. The highest BCUT2D eigenvalue weighted by atomic mass is 16.4. The minimum absolute atomic E-state index is 0.187. The first-order valence-electron chi connectivity index (χ1n) is 6.64. The van der Waals surface area contributed by atoms with Crippen LogP contribution in [0.2, 0.25) is 0 Å². The minimum Gasteiger partial charge on any atom is -0.481 e. The molecule has 7 nitrogen and oxygen atoms in total. The molecule has 0 aromatic heterocycles. The second kappa shape index (κ2) is 8.52. The molecule has 2 atom stereocenters. The van der Waals surface area contributed by atoms with Crippen molar-refractivity contribution in [2.24, 2.45) is 0 Å². The summed E-state index contributed by atoms with van der Waals surface area (Å²) in [5, 5.41) is 29.6. The van der Waals surface area contributed by atoms with Crippen molar-refractivity contribution in [3.05, 3.63) is 0 Å². The van der Waals surface area contributed by atoms with Crippen molar-refractivity contribution in [3.63, 3.8) is 0 Å². The highest BCUT2D eigenvalue weighted by Crippen LogP contribution is 2.17. The van der Waals surface area contributed by atoms with Gasteiger partial charge in [-0.25, -0.2) is 4.79 Å². The first-order chi connectivity index (χ1) is 9.18. The minimum atomic E-state index is -1.28. The number of carboxylic acid groups (broad SMARTS) is 2. The van der Waals surface area contributed by atoms with Gasteiger partial charge in [-0.2, -0.15) is 0 Å². The molecule has 0 aliphatic carbocycles. The predicted octanol–water partition coefficient (Wildman–Crippen LogP) is 0.752. The van der Waals surface area contributed by atoms with Crippen molar-refractivity contribution in [2.75, 3.05) is 0 Å². The van der Waals surface area contributed by atoms with Crippen molar-refractivity contribution in [2.45, 2.75) is 64.0 Å². The Morgan fingerprint density at radius 3 is 2.30 bits per heavy atom. The monoisotopic (exact) mass is 289 g/mol. The summed E-state index contributed by atoms with van der Waals surface area (Å²) >= 11 is 0. The second-order valence-electron chi connectivity index (χ2n) is 5.17. The van der Waals surface area contributed by atoms with Crippen LogP contribution in [0.25, 0.3) is 0 Å². The molecule has 20 heavy (non-hydrogen) atoms. The number of nitrogens with one attached hydrogen (secondary N) is 1. The summed E-state index contributed by atoms with van der Waals surface area (Å²) in [5.74, 6) is -3.00. The Kier molecular flexibility index (Phi) is 7.83. The number of carboxylic acids is 2. The van der Waals surface area contributed by atoms with E-state index in [1.54, 1.807) is 0 Å². The van der Waals surface area contributed by atoms with Gasteiger partial charge < -0.3 is 20.6 Å². The average Bonchev–Trinajstić information content (AvgIpc) is 2.30. The fourth-order valence-corrected chi connectivity index (χ4v) is 1.76. The number of hydrogen-bond donors (Lipinski definition) is 4. The fraction of sp³-hybridized carbons (Fsp3) is 0.769. The molecule has 1 amide bonds. The Hall–Kier alpha value is -1.63. The van der Waals surface area contributed by atoms with Gasteiger partial charge in [-0.1, -0.05) is 19.8 Å². The first kappa shape index (κ1) is 18.4. The highest BCUT2D eigenvalue weighted by Gasteiger charge is 2.27. The number of aliphatic hydroxyl groups is 1. The molecular formula is C13H23NO6. The number of hydrogen-bond acceptors (Lipinski definition) is 4.